The minimum Gasteiger partial charge on any atom is -0.493 e. The van der Waals surface area contributed by atoms with E-state index < -0.39 is 41.8 Å². The lowest BCUT2D eigenvalue weighted by molar-refractivity contribution is -0.265. The number of benzene rings is 2. The van der Waals surface area contributed by atoms with Crippen molar-refractivity contribution in [3.05, 3.63) is 77.2 Å². The van der Waals surface area contributed by atoms with Gasteiger partial charge in [-0.3, -0.25) is 4.79 Å². The predicted octanol–water partition coefficient (Wildman–Crippen LogP) is 4.90. The highest BCUT2D eigenvalue weighted by molar-refractivity contribution is 5.95. The average Bonchev–Trinajstić information content (AvgIpc) is 3.74. The standard InChI is InChI=1S/C28H29F4N3O4/c1-16(33-2)19-12-22(17-4-7-20(29)8-5-17)35-25(14-19)27(37,28(30,31)32)15-34-26(36)18-6-11-23(24(13-18)38-3)39-21-9-10-21/h4-8,11-14,16,21,33,37H,9-10,15H2,1-3H3,(H,34,36). The molecule has 0 saturated heterocycles. The van der Waals surface area contributed by atoms with Gasteiger partial charge in [0.2, 0.25) is 5.60 Å². The number of carbonyl (C=O) groups is 1. The Labute approximate surface area is 223 Å². The largest absolute Gasteiger partial charge is 0.493 e. The predicted molar refractivity (Wildman–Crippen MR) is 136 cm³/mol. The summed E-state index contributed by atoms with van der Waals surface area (Å²) in [5.74, 6) is -0.680. The molecule has 39 heavy (non-hydrogen) atoms. The Balaban J connectivity index is 1.66. The van der Waals surface area contributed by atoms with Crippen molar-refractivity contribution in [2.45, 2.75) is 43.7 Å². The molecule has 7 nitrogen and oxygen atoms in total. The number of rotatable bonds is 10. The maximum atomic E-state index is 14.4. The van der Waals surface area contributed by atoms with Crippen molar-refractivity contribution in [3.8, 4) is 22.8 Å². The first-order chi connectivity index (χ1) is 18.4. The van der Waals surface area contributed by atoms with E-state index in [9.17, 15) is 27.5 Å². The maximum Gasteiger partial charge on any atom is 0.424 e. The van der Waals surface area contributed by atoms with Crippen molar-refractivity contribution in [2.24, 2.45) is 0 Å². The molecule has 2 unspecified atom stereocenters. The van der Waals surface area contributed by atoms with Gasteiger partial charge in [0.15, 0.2) is 11.5 Å². The van der Waals surface area contributed by atoms with Gasteiger partial charge in [-0.25, -0.2) is 9.37 Å². The lowest BCUT2D eigenvalue weighted by Crippen LogP contribution is -2.51. The van der Waals surface area contributed by atoms with Crippen molar-refractivity contribution in [3.63, 3.8) is 0 Å². The molecule has 1 fully saturated rings. The van der Waals surface area contributed by atoms with Gasteiger partial charge in [0.05, 0.1) is 31.1 Å². The molecular formula is C28H29F4N3O4. The zero-order valence-electron chi connectivity index (χ0n) is 21.6. The summed E-state index contributed by atoms with van der Waals surface area (Å²) in [6.07, 6.45) is -3.30. The summed E-state index contributed by atoms with van der Waals surface area (Å²) < 4.78 is 67.6. The van der Waals surface area contributed by atoms with E-state index in [2.05, 4.69) is 15.6 Å². The Bertz CT molecular complexity index is 1330. The number of pyridine rings is 1. The number of hydrogen-bond donors (Lipinski definition) is 3. The number of aromatic nitrogens is 1. The van der Waals surface area contributed by atoms with Crippen LogP contribution in [0, 0.1) is 5.82 Å². The number of aliphatic hydroxyl groups is 1. The third kappa shape index (κ3) is 6.31. The Morgan fingerprint density at radius 2 is 1.79 bits per heavy atom. The van der Waals surface area contributed by atoms with Gasteiger partial charge in [-0.15, -0.1) is 0 Å². The first-order valence-electron chi connectivity index (χ1n) is 12.3. The summed E-state index contributed by atoms with van der Waals surface area (Å²) in [5.41, 5.74) is -3.34. The molecule has 2 aromatic carbocycles. The average molecular weight is 548 g/mol. The van der Waals surface area contributed by atoms with E-state index in [1.807, 2.05) is 0 Å². The van der Waals surface area contributed by atoms with E-state index in [4.69, 9.17) is 9.47 Å². The second kappa shape index (κ2) is 11.2. The molecule has 1 heterocycles. The van der Waals surface area contributed by atoms with E-state index in [0.29, 0.717) is 16.9 Å². The number of nitrogens with one attached hydrogen (secondary N) is 2. The highest BCUT2D eigenvalue weighted by Gasteiger charge is 2.56. The van der Waals surface area contributed by atoms with Crippen LogP contribution in [0.3, 0.4) is 0 Å². The molecule has 0 bridgehead atoms. The van der Waals surface area contributed by atoms with Crippen LogP contribution < -0.4 is 20.1 Å². The molecule has 1 amide bonds. The van der Waals surface area contributed by atoms with Crippen LogP contribution in [0.1, 0.15) is 47.4 Å². The van der Waals surface area contributed by atoms with Gasteiger partial charge in [-0.05, 0) is 87.0 Å². The molecule has 1 aliphatic rings. The number of ether oxygens (including phenoxy) is 2. The summed E-state index contributed by atoms with van der Waals surface area (Å²) in [4.78, 5) is 17.0. The zero-order chi connectivity index (χ0) is 28.4. The lowest BCUT2D eigenvalue weighted by atomic mass is 9.93. The van der Waals surface area contributed by atoms with Crippen LogP contribution in [0.25, 0.3) is 11.3 Å². The summed E-state index contributed by atoms with van der Waals surface area (Å²) in [7, 11) is 3.02. The van der Waals surface area contributed by atoms with Crippen LogP contribution in [0.5, 0.6) is 11.5 Å². The minimum atomic E-state index is -5.20. The Morgan fingerprint density at radius 3 is 2.38 bits per heavy atom. The minimum absolute atomic E-state index is 0.0250. The molecule has 3 N–H and O–H groups in total. The molecule has 11 heteroatoms. The summed E-state index contributed by atoms with van der Waals surface area (Å²) in [6.45, 7) is 0.525. The first kappa shape index (κ1) is 28.3. The molecule has 1 aliphatic carbocycles. The molecular weight excluding hydrogens is 518 g/mol. The van der Waals surface area contributed by atoms with E-state index >= 15 is 0 Å². The van der Waals surface area contributed by atoms with E-state index in [0.717, 1.165) is 31.0 Å². The van der Waals surface area contributed by atoms with Gasteiger partial charge < -0.3 is 25.2 Å². The van der Waals surface area contributed by atoms with Crippen LogP contribution in [0.4, 0.5) is 17.6 Å². The Kier molecular flexibility index (Phi) is 8.12. The first-order valence-corrected chi connectivity index (χ1v) is 12.3. The van der Waals surface area contributed by atoms with Crippen LogP contribution in [-0.4, -0.2) is 49.0 Å². The SMILES string of the molecule is CNC(C)c1cc(-c2ccc(F)cc2)nc(C(O)(CNC(=O)c2ccc(OC3CC3)c(OC)c2)C(F)(F)F)c1. The second-order valence-electron chi connectivity index (χ2n) is 9.41. The number of carbonyl (C=O) groups excluding carboxylic acids is 1. The van der Waals surface area contributed by atoms with E-state index in [1.165, 1.54) is 37.4 Å². The number of halogens is 4. The Morgan fingerprint density at radius 1 is 1.10 bits per heavy atom. The number of methoxy groups -OCH3 is 1. The lowest BCUT2D eigenvalue weighted by Gasteiger charge is -2.31. The normalized spacial score (nSPS) is 15.8. The van der Waals surface area contributed by atoms with Crippen molar-refractivity contribution >= 4 is 5.91 Å². The molecule has 2 atom stereocenters. The van der Waals surface area contributed by atoms with Crippen LogP contribution >= 0.6 is 0 Å². The molecule has 4 rings (SSSR count). The fourth-order valence-corrected chi connectivity index (χ4v) is 3.87. The molecule has 0 spiro atoms. The molecule has 1 saturated carbocycles. The van der Waals surface area contributed by atoms with E-state index in [-0.39, 0.29) is 23.1 Å². The highest BCUT2D eigenvalue weighted by atomic mass is 19.4. The van der Waals surface area contributed by atoms with Gasteiger partial charge in [0.1, 0.15) is 5.82 Å². The summed E-state index contributed by atoms with van der Waals surface area (Å²) >= 11 is 0. The molecule has 208 valence electrons. The molecule has 0 aliphatic heterocycles. The molecule has 1 aromatic heterocycles. The van der Waals surface area contributed by atoms with Gasteiger partial charge in [0, 0.05) is 17.2 Å². The maximum absolute atomic E-state index is 14.4. The fraction of sp³-hybridized carbons (Fsp3) is 0.357. The number of alkyl halides is 3. The number of hydrogen-bond acceptors (Lipinski definition) is 6. The van der Waals surface area contributed by atoms with Gasteiger partial charge in [-0.2, -0.15) is 13.2 Å². The third-order valence-corrected chi connectivity index (χ3v) is 6.56. The summed E-state index contributed by atoms with van der Waals surface area (Å²) in [6, 6.07) is 11.7. The van der Waals surface area contributed by atoms with Gasteiger partial charge in [0.25, 0.3) is 5.91 Å². The zero-order valence-corrected chi connectivity index (χ0v) is 21.6. The van der Waals surface area contributed by atoms with E-state index in [1.54, 1.807) is 20.0 Å². The number of nitrogens with zero attached hydrogens (tertiary/aromatic N) is 1. The fourth-order valence-electron chi connectivity index (χ4n) is 3.87. The van der Waals surface area contributed by atoms with Gasteiger partial charge in [-0.1, -0.05) is 0 Å². The highest BCUT2D eigenvalue weighted by Crippen LogP contribution is 2.40. The van der Waals surface area contributed by atoms with Crippen molar-refractivity contribution in [1.82, 2.24) is 15.6 Å². The van der Waals surface area contributed by atoms with Crippen LogP contribution in [0.2, 0.25) is 0 Å². The monoisotopic (exact) mass is 547 g/mol. The second-order valence-corrected chi connectivity index (χ2v) is 9.41. The van der Waals surface area contributed by atoms with Gasteiger partial charge >= 0.3 is 6.18 Å². The van der Waals surface area contributed by atoms with Crippen LogP contribution in [0.15, 0.2) is 54.6 Å². The van der Waals surface area contributed by atoms with Crippen molar-refractivity contribution < 1.29 is 36.9 Å². The smallest absolute Gasteiger partial charge is 0.424 e. The third-order valence-electron chi connectivity index (χ3n) is 6.56. The Hall–Kier alpha value is -3.70. The van der Waals surface area contributed by atoms with Crippen LogP contribution in [-0.2, 0) is 5.60 Å². The van der Waals surface area contributed by atoms with Crippen molar-refractivity contribution in [2.75, 3.05) is 20.7 Å². The quantitative estimate of drug-likeness (QED) is 0.313. The summed E-state index contributed by atoms with van der Waals surface area (Å²) in [5, 5.41) is 16.2. The number of amides is 1. The van der Waals surface area contributed by atoms with Crippen molar-refractivity contribution in [1.29, 1.82) is 0 Å². The molecule has 0 radical (unpaired) electrons. The topological polar surface area (TPSA) is 92.7 Å². The molecule has 3 aromatic rings.